The molecule has 14 heavy (non-hydrogen) atoms. The van der Waals surface area contributed by atoms with E-state index in [1.807, 2.05) is 0 Å². The van der Waals surface area contributed by atoms with Gasteiger partial charge in [0.05, 0.1) is 0 Å². The molecule has 0 spiro atoms. The first kappa shape index (κ1) is 13.9. The summed E-state index contributed by atoms with van der Waals surface area (Å²) in [5, 5.41) is 3.37. The molecule has 0 radical (unpaired) electrons. The van der Waals surface area contributed by atoms with E-state index in [4.69, 9.17) is 4.74 Å². The van der Waals surface area contributed by atoms with Crippen molar-refractivity contribution in [1.82, 2.24) is 5.32 Å². The highest BCUT2D eigenvalue weighted by Crippen LogP contribution is 2.17. The second kappa shape index (κ2) is 7.24. The molecule has 0 aliphatic heterocycles. The Hall–Kier alpha value is -0.0800. The zero-order chi connectivity index (χ0) is 11.0. The molecule has 0 aromatic carbocycles. The van der Waals surface area contributed by atoms with Gasteiger partial charge in [0.1, 0.15) is 0 Å². The highest BCUT2D eigenvalue weighted by molar-refractivity contribution is 4.60. The topological polar surface area (TPSA) is 21.3 Å². The predicted octanol–water partition coefficient (Wildman–Crippen LogP) is 2.83. The van der Waals surface area contributed by atoms with Crippen molar-refractivity contribution in [2.24, 2.45) is 5.41 Å². The molecule has 0 aromatic heterocycles. The molecule has 0 saturated carbocycles. The first-order valence-electron chi connectivity index (χ1n) is 5.73. The van der Waals surface area contributed by atoms with Crippen LogP contribution in [0.2, 0.25) is 0 Å². The molecule has 0 saturated heterocycles. The molecule has 0 atom stereocenters. The van der Waals surface area contributed by atoms with Crippen molar-refractivity contribution in [3.05, 3.63) is 0 Å². The molecule has 0 aromatic rings. The van der Waals surface area contributed by atoms with Gasteiger partial charge in [-0.05, 0) is 24.8 Å². The maximum Gasteiger partial charge on any atom is 0.0478 e. The minimum absolute atomic E-state index is 0.399. The van der Waals surface area contributed by atoms with E-state index in [0.717, 1.165) is 32.6 Å². The molecule has 0 fully saturated rings. The van der Waals surface area contributed by atoms with Crippen LogP contribution in [0, 0.1) is 5.41 Å². The molecule has 0 aliphatic carbocycles. The summed E-state index contributed by atoms with van der Waals surface area (Å²) in [5.74, 6) is 0. The van der Waals surface area contributed by atoms with Crippen LogP contribution < -0.4 is 5.32 Å². The van der Waals surface area contributed by atoms with Crippen molar-refractivity contribution < 1.29 is 4.74 Å². The Labute approximate surface area is 89.4 Å². The fourth-order valence-electron chi connectivity index (χ4n) is 1.05. The van der Waals surface area contributed by atoms with Gasteiger partial charge in [-0.2, -0.15) is 0 Å². The van der Waals surface area contributed by atoms with Gasteiger partial charge in [0.25, 0.3) is 0 Å². The monoisotopic (exact) mass is 201 g/mol. The van der Waals surface area contributed by atoms with Gasteiger partial charge in [0.2, 0.25) is 0 Å². The summed E-state index contributed by atoms with van der Waals surface area (Å²) in [4.78, 5) is 0. The van der Waals surface area contributed by atoms with Crippen molar-refractivity contribution in [2.45, 2.75) is 53.5 Å². The minimum atomic E-state index is 0.399. The molecule has 1 N–H and O–H groups in total. The number of rotatable bonds is 7. The van der Waals surface area contributed by atoms with Gasteiger partial charge in [-0.25, -0.2) is 0 Å². The Kier molecular flexibility index (Phi) is 7.20. The highest BCUT2D eigenvalue weighted by Gasteiger charge is 2.08. The summed E-state index contributed by atoms with van der Waals surface area (Å²) in [6, 6.07) is 0.588. The quantitative estimate of drug-likeness (QED) is 0.640. The summed E-state index contributed by atoms with van der Waals surface area (Å²) in [5.41, 5.74) is 0.399. The molecule has 2 heteroatoms. The van der Waals surface area contributed by atoms with Crippen LogP contribution >= 0.6 is 0 Å². The van der Waals surface area contributed by atoms with Crippen LogP contribution in [-0.4, -0.2) is 25.8 Å². The van der Waals surface area contributed by atoms with E-state index in [0.29, 0.717) is 11.5 Å². The zero-order valence-electron chi connectivity index (χ0n) is 10.5. The standard InChI is InChI=1S/C12H27NO/c1-11(2)13-8-6-9-14-10-7-12(3,4)5/h11,13H,6-10H2,1-5H3. The molecule has 0 bridgehead atoms. The molecule has 0 heterocycles. The van der Waals surface area contributed by atoms with E-state index in [2.05, 4.69) is 39.9 Å². The van der Waals surface area contributed by atoms with Crippen molar-refractivity contribution in [3.63, 3.8) is 0 Å². The smallest absolute Gasteiger partial charge is 0.0478 e. The molecule has 0 unspecified atom stereocenters. The Bertz CT molecular complexity index is 127. The minimum Gasteiger partial charge on any atom is -0.381 e. The van der Waals surface area contributed by atoms with Crippen LogP contribution in [0.5, 0.6) is 0 Å². The summed E-state index contributed by atoms with van der Waals surface area (Å²) < 4.78 is 5.55. The Morgan fingerprint density at radius 1 is 1.14 bits per heavy atom. The average Bonchev–Trinajstić information content (AvgIpc) is 2.00. The van der Waals surface area contributed by atoms with Crippen LogP contribution in [0.3, 0.4) is 0 Å². The maximum absolute atomic E-state index is 5.55. The number of ether oxygens (including phenoxy) is 1. The lowest BCUT2D eigenvalue weighted by Gasteiger charge is -2.17. The second-order valence-electron chi connectivity index (χ2n) is 5.39. The number of hydrogen-bond donors (Lipinski definition) is 1. The lowest BCUT2D eigenvalue weighted by molar-refractivity contribution is 0.106. The van der Waals surface area contributed by atoms with Gasteiger partial charge in [-0.15, -0.1) is 0 Å². The third kappa shape index (κ3) is 11.9. The van der Waals surface area contributed by atoms with Gasteiger partial charge in [0.15, 0.2) is 0 Å². The molecule has 0 rings (SSSR count). The molecule has 0 aliphatic rings. The van der Waals surface area contributed by atoms with Crippen LogP contribution in [-0.2, 0) is 4.74 Å². The van der Waals surface area contributed by atoms with Crippen molar-refractivity contribution in [3.8, 4) is 0 Å². The van der Waals surface area contributed by atoms with E-state index < -0.39 is 0 Å². The van der Waals surface area contributed by atoms with Gasteiger partial charge >= 0.3 is 0 Å². The third-order valence-corrected chi connectivity index (χ3v) is 2.01. The molecule has 0 amide bonds. The molecular weight excluding hydrogens is 174 g/mol. The van der Waals surface area contributed by atoms with Gasteiger partial charge in [-0.1, -0.05) is 34.6 Å². The van der Waals surface area contributed by atoms with Crippen molar-refractivity contribution >= 4 is 0 Å². The zero-order valence-corrected chi connectivity index (χ0v) is 10.5. The molecule has 86 valence electrons. The van der Waals surface area contributed by atoms with E-state index >= 15 is 0 Å². The first-order valence-corrected chi connectivity index (χ1v) is 5.73. The Morgan fingerprint density at radius 3 is 2.29 bits per heavy atom. The van der Waals surface area contributed by atoms with Gasteiger partial charge < -0.3 is 10.1 Å². The van der Waals surface area contributed by atoms with Crippen LogP contribution in [0.15, 0.2) is 0 Å². The van der Waals surface area contributed by atoms with Crippen molar-refractivity contribution in [1.29, 1.82) is 0 Å². The second-order valence-corrected chi connectivity index (χ2v) is 5.39. The van der Waals surface area contributed by atoms with Crippen molar-refractivity contribution in [2.75, 3.05) is 19.8 Å². The Morgan fingerprint density at radius 2 is 1.79 bits per heavy atom. The lowest BCUT2D eigenvalue weighted by Crippen LogP contribution is -2.24. The first-order chi connectivity index (χ1) is 6.42. The average molecular weight is 201 g/mol. The fourth-order valence-corrected chi connectivity index (χ4v) is 1.05. The predicted molar refractivity (Wildman–Crippen MR) is 62.6 cm³/mol. The van der Waals surface area contributed by atoms with Crippen LogP contribution in [0.25, 0.3) is 0 Å². The largest absolute Gasteiger partial charge is 0.381 e. The number of hydrogen-bond acceptors (Lipinski definition) is 2. The maximum atomic E-state index is 5.55. The molecule has 2 nitrogen and oxygen atoms in total. The van der Waals surface area contributed by atoms with Gasteiger partial charge in [-0.3, -0.25) is 0 Å². The van der Waals surface area contributed by atoms with Crippen LogP contribution in [0.4, 0.5) is 0 Å². The SMILES string of the molecule is CC(C)NCCCOCCC(C)(C)C. The number of nitrogens with one attached hydrogen (secondary N) is 1. The third-order valence-electron chi connectivity index (χ3n) is 2.01. The fraction of sp³-hybridized carbons (Fsp3) is 1.00. The summed E-state index contributed by atoms with van der Waals surface area (Å²) in [6.07, 6.45) is 2.26. The van der Waals surface area contributed by atoms with Gasteiger partial charge in [0, 0.05) is 19.3 Å². The Balaban J connectivity index is 3.07. The van der Waals surface area contributed by atoms with E-state index in [1.54, 1.807) is 0 Å². The van der Waals surface area contributed by atoms with E-state index in [-0.39, 0.29) is 0 Å². The lowest BCUT2D eigenvalue weighted by atomic mass is 9.93. The molecular formula is C12H27NO. The normalized spacial score (nSPS) is 12.4. The summed E-state index contributed by atoms with van der Waals surface area (Å²) in [6.45, 7) is 13.9. The van der Waals surface area contributed by atoms with Crippen LogP contribution in [0.1, 0.15) is 47.5 Å². The van der Waals surface area contributed by atoms with E-state index in [1.165, 1.54) is 0 Å². The summed E-state index contributed by atoms with van der Waals surface area (Å²) >= 11 is 0. The summed E-state index contributed by atoms with van der Waals surface area (Å²) in [7, 11) is 0. The van der Waals surface area contributed by atoms with E-state index in [9.17, 15) is 0 Å². The highest BCUT2D eigenvalue weighted by atomic mass is 16.5.